The number of hydrogen-bond acceptors (Lipinski definition) is 1. The lowest BCUT2D eigenvalue weighted by Crippen LogP contribution is -2.02. The van der Waals surface area contributed by atoms with Crippen molar-refractivity contribution in [2.24, 2.45) is 0 Å². The van der Waals surface area contributed by atoms with E-state index in [4.69, 9.17) is 0 Å². The first-order chi connectivity index (χ1) is 10.6. The van der Waals surface area contributed by atoms with Crippen molar-refractivity contribution in [3.63, 3.8) is 0 Å². The molecule has 0 heterocycles. The number of phenolic OH excluding ortho intramolecular Hbond substituents is 1. The van der Waals surface area contributed by atoms with Gasteiger partial charge >= 0.3 is 0 Å². The summed E-state index contributed by atoms with van der Waals surface area (Å²) in [5.41, 5.74) is 3.03. The topological polar surface area (TPSA) is 20.2 Å². The summed E-state index contributed by atoms with van der Waals surface area (Å²) in [7, 11) is 0. The van der Waals surface area contributed by atoms with Crippen molar-refractivity contribution >= 4 is 0 Å². The minimum atomic E-state index is -0.188. The molecule has 0 fully saturated rings. The number of benzene rings is 2. The van der Waals surface area contributed by atoms with E-state index < -0.39 is 0 Å². The molecular weight excluding hydrogens is 275 g/mol. The van der Waals surface area contributed by atoms with Crippen LogP contribution < -0.4 is 0 Å². The number of phenols is 1. The summed E-state index contributed by atoms with van der Waals surface area (Å²) >= 11 is 0. The van der Waals surface area contributed by atoms with Crippen LogP contribution in [0.5, 0.6) is 5.75 Å². The molecule has 0 bridgehead atoms. The number of aromatic hydroxyl groups is 1. The molecule has 2 aromatic rings. The molecule has 1 N–H and O–H groups in total. The molecule has 0 aliphatic heterocycles. The van der Waals surface area contributed by atoms with E-state index in [1.165, 1.54) is 25.3 Å². The summed E-state index contributed by atoms with van der Waals surface area (Å²) in [6, 6.07) is 12.6. The molecule has 0 spiro atoms. The molecule has 1 atom stereocenters. The summed E-state index contributed by atoms with van der Waals surface area (Å²) in [4.78, 5) is 0. The zero-order valence-electron chi connectivity index (χ0n) is 13.5. The average Bonchev–Trinajstić information content (AvgIpc) is 2.50. The van der Waals surface area contributed by atoms with Crippen molar-refractivity contribution in [1.82, 2.24) is 0 Å². The van der Waals surface area contributed by atoms with Crippen LogP contribution in [0, 0.1) is 12.7 Å². The van der Waals surface area contributed by atoms with Crippen molar-refractivity contribution in [1.29, 1.82) is 0 Å². The Balaban J connectivity index is 2.26. The van der Waals surface area contributed by atoms with Crippen LogP contribution in [-0.2, 0) is 0 Å². The summed E-state index contributed by atoms with van der Waals surface area (Å²) < 4.78 is 13.6. The molecule has 1 nitrogen and oxygen atoms in total. The zero-order chi connectivity index (χ0) is 15.9. The van der Waals surface area contributed by atoms with Crippen LogP contribution in [0.4, 0.5) is 4.39 Å². The van der Waals surface area contributed by atoms with E-state index in [0.717, 1.165) is 29.5 Å². The predicted molar refractivity (Wildman–Crippen MR) is 89.8 cm³/mol. The quantitative estimate of drug-likeness (QED) is 0.627. The number of hydrogen-bond donors (Lipinski definition) is 1. The van der Waals surface area contributed by atoms with Crippen LogP contribution in [0.1, 0.15) is 61.6 Å². The minimum Gasteiger partial charge on any atom is -0.508 e. The van der Waals surface area contributed by atoms with Crippen LogP contribution in [0.3, 0.4) is 0 Å². The molecule has 0 saturated carbocycles. The molecule has 2 rings (SSSR count). The maximum absolute atomic E-state index is 13.6. The smallest absolute Gasteiger partial charge is 0.123 e. The van der Waals surface area contributed by atoms with E-state index in [1.807, 2.05) is 25.1 Å². The van der Waals surface area contributed by atoms with Gasteiger partial charge in [0.2, 0.25) is 0 Å². The molecular formula is C20H25FO. The zero-order valence-corrected chi connectivity index (χ0v) is 13.5. The highest BCUT2D eigenvalue weighted by atomic mass is 19.1. The Morgan fingerprint density at radius 2 is 1.77 bits per heavy atom. The van der Waals surface area contributed by atoms with E-state index in [9.17, 15) is 9.50 Å². The van der Waals surface area contributed by atoms with Gasteiger partial charge in [-0.2, -0.15) is 0 Å². The fraction of sp³-hybridized carbons (Fsp3) is 0.400. The second kappa shape index (κ2) is 7.98. The van der Waals surface area contributed by atoms with E-state index in [-0.39, 0.29) is 11.7 Å². The lowest BCUT2D eigenvalue weighted by atomic mass is 9.86. The third kappa shape index (κ3) is 4.33. The van der Waals surface area contributed by atoms with E-state index in [1.54, 1.807) is 18.2 Å². The molecule has 0 amide bonds. The van der Waals surface area contributed by atoms with Crippen molar-refractivity contribution in [3.05, 3.63) is 65.0 Å². The van der Waals surface area contributed by atoms with Gasteiger partial charge in [0.05, 0.1) is 0 Å². The Hall–Kier alpha value is -1.83. The van der Waals surface area contributed by atoms with E-state index in [0.29, 0.717) is 5.75 Å². The Kier molecular flexibility index (Phi) is 6.00. The second-order valence-electron chi connectivity index (χ2n) is 6.00. The van der Waals surface area contributed by atoms with Gasteiger partial charge in [0.25, 0.3) is 0 Å². The molecule has 0 aromatic heterocycles. The summed E-state index contributed by atoms with van der Waals surface area (Å²) in [5, 5.41) is 9.73. The Morgan fingerprint density at radius 1 is 1.00 bits per heavy atom. The number of unbranched alkanes of at least 4 members (excludes halogenated alkanes) is 3. The van der Waals surface area contributed by atoms with E-state index in [2.05, 4.69) is 6.92 Å². The molecule has 0 aliphatic carbocycles. The highest BCUT2D eigenvalue weighted by Crippen LogP contribution is 2.32. The Bertz CT molecular complexity index is 606. The minimum absolute atomic E-state index is 0.187. The van der Waals surface area contributed by atoms with Gasteiger partial charge in [-0.3, -0.25) is 0 Å². The summed E-state index contributed by atoms with van der Waals surface area (Å²) in [5.74, 6) is 0.311. The highest BCUT2D eigenvalue weighted by molar-refractivity contribution is 5.40. The summed E-state index contributed by atoms with van der Waals surface area (Å²) in [6.07, 6.45) is 5.80. The van der Waals surface area contributed by atoms with Gasteiger partial charge in [-0.1, -0.05) is 56.9 Å². The highest BCUT2D eigenvalue weighted by Gasteiger charge is 2.15. The summed E-state index contributed by atoms with van der Waals surface area (Å²) in [6.45, 7) is 4.10. The lowest BCUT2D eigenvalue weighted by molar-refractivity contribution is 0.470. The third-order valence-corrected chi connectivity index (χ3v) is 4.22. The van der Waals surface area contributed by atoms with Crippen molar-refractivity contribution < 1.29 is 9.50 Å². The predicted octanol–water partition coefficient (Wildman–Crippen LogP) is 5.94. The molecule has 0 aliphatic rings. The van der Waals surface area contributed by atoms with Crippen molar-refractivity contribution in [2.45, 2.75) is 51.9 Å². The third-order valence-electron chi connectivity index (χ3n) is 4.22. The maximum atomic E-state index is 13.6. The molecule has 22 heavy (non-hydrogen) atoms. The van der Waals surface area contributed by atoms with Crippen LogP contribution in [-0.4, -0.2) is 5.11 Å². The van der Waals surface area contributed by atoms with Crippen LogP contribution in [0.15, 0.2) is 42.5 Å². The lowest BCUT2D eigenvalue weighted by Gasteiger charge is -2.19. The van der Waals surface area contributed by atoms with Gasteiger partial charge in [-0.25, -0.2) is 4.39 Å². The number of rotatable bonds is 7. The normalized spacial score (nSPS) is 12.3. The van der Waals surface area contributed by atoms with Crippen LogP contribution in [0.25, 0.3) is 0 Å². The van der Waals surface area contributed by atoms with Crippen LogP contribution in [0.2, 0.25) is 0 Å². The van der Waals surface area contributed by atoms with Crippen LogP contribution >= 0.6 is 0 Å². The molecule has 2 aromatic carbocycles. The average molecular weight is 300 g/mol. The van der Waals surface area contributed by atoms with Crippen molar-refractivity contribution in [2.75, 3.05) is 0 Å². The van der Waals surface area contributed by atoms with Gasteiger partial charge in [0.15, 0.2) is 0 Å². The van der Waals surface area contributed by atoms with Gasteiger partial charge in [-0.05, 0) is 48.2 Å². The van der Waals surface area contributed by atoms with Crippen molar-refractivity contribution in [3.8, 4) is 5.75 Å². The monoisotopic (exact) mass is 300 g/mol. The van der Waals surface area contributed by atoms with Gasteiger partial charge in [0, 0.05) is 5.92 Å². The maximum Gasteiger partial charge on any atom is 0.123 e. The first kappa shape index (κ1) is 16.5. The number of halogens is 1. The first-order valence-corrected chi connectivity index (χ1v) is 8.16. The van der Waals surface area contributed by atoms with Gasteiger partial charge < -0.3 is 5.11 Å². The number of aryl methyl sites for hydroxylation is 1. The largest absolute Gasteiger partial charge is 0.508 e. The molecule has 0 radical (unpaired) electrons. The fourth-order valence-corrected chi connectivity index (χ4v) is 2.92. The standard InChI is InChI=1S/C20H25FO/c1-3-4-5-6-10-19(16-8-7-9-18(21)14-16)17-11-12-20(22)15(2)13-17/h7-9,11-14,19,22H,3-6,10H2,1-2H3. The fourth-order valence-electron chi connectivity index (χ4n) is 2.92. The molecule has 0 saturated heterocycles. The SMILES string of the molecule is CCCCCCC(c1cccc(F)c1)c1ccc(O)c(C)c1. The molecule has 1 unspecified atom stereocenters. The van der Waals surface area contributed by atoms with Gasteiger partial charge in [-0.15, -0.1) is 0 Å². The molecule has 118 valence electrons. The Labute approximate surface area is 132 Å². The second-order valence-corrected chi connectivity index (χ2v) is 6.00. The van der Waals surface area contributed by atoms with Gasteiger partial charge in [0.1, 0.15) is 11.6 Å². The first-order valence-electron chi connectivity index (χ1n) is 8.16. The Morgan fingerprint density at radius 3 is 2.45 bits per heavy atom. The van der Waals surface area contributed by atoms with E-state index >= 15 is 0 Å². The molecule has 2 heteroatoms.